The van der Waals surface area contributed by atoms with Crippen LogP contribution >= 0.6 is 23.2 Å². The Kier molecular flexibility index (Phi) is 5.79. The van der Waals surface area contributed by atoms with Gasteiger partial charge in [-0.2, -0.15) is 0 Å². The van der Waals surface area contributed by atoms with Crippen LogP contribution < -0.4 is 5.32 Å². The Hall–Kier alpha value is -2.11. The highest BCUT2D eigenvalue weighted by Gasteiger charge is 2.28. The van der Waals surface area contributed by atoms with Crippen LogP contribution in [0.4, 0.5) is 10.1 Å². The van der Waals surface area contributed by atoms with E-state index in [-0.39, 0.29) is 28.4 Å². The van der Waals surface area contributed by atoms with Gasteiger partial charge in [-0.25, -0.2) is 4.39 Å². The summed E-state index contributed by atoms with van der Waals surface area (Å²) in [5.74, 6) is -1.16. The maximum absolute atomic E-state index is 13.8. The van der Waals surface area contributed by atoms with Gasteiger partial charge < -0.3 is 10.2 Å². The van der Waals surface area contributed by atoms with Crippen LogP contribution in [0.15, 0.2) is 42.5 Å². The second kappa shape index (κ2) is 8.06. The zero-order valence-corrected chi connectivity index (χ0v) is 15.4. The van der Waals surface area contributed by atoms with E-state index in [4.69, 9.17) is 23.2 Å². The zero-order valence-electron chi connectivity index (χ0n) is 13.8. The van der Waals surface area contributed by atoms with E-state index in [9.17, 15) is 14.0 Å². The highest BCUT2D eigenvalue weighted by molar-refractivity contribution is 6.31. The Morgan fingerprint density at radius 1 is 1.00 bits per heavy atom. The van der Waals surface area contributed by atoms with Gasteiger partial charge in [0.05, 0.1) is 5.69 Å². The van der Waals surface area contributed by atoms with E-state index < -0.39 is 5.82 Å². The Bertz CT molecular complexity index is 819. The van der Waals surface area contributed by atoms with Gasteiger partial charge in [0.15, 0.2) is 0 Å². The first-order chi connectivity index (χ1) is 12.4. The molecule has 1 aliphatic heterocycles. The lowest BCUT2D eigenvalue weighted by molar-refractivity contribution is -0.121. The number of rotatable bonds is 3. The molecule has 26 heavy (non-hydrogen) atoms. The van der Waals surface area contributed by atoms with Crippen molar-refractivity contribution >= 4 is 40.7 Å². The number of benzene rings is 2. The number of likely N-dealkylation sites (tertiary alicyclic amines) is 1. The molecule has 136 valence electrons. The first kappa shape index (κ1) is 18.7. The molecule has 3 rings (SSSR count). The van der Waals surface area contributed by atoms with E-state index in [1.807, 2.05) is 0 Å². The third kappa shape index (κ3) is 4.34. The van der Waals surface area contributed by atoms with Crippen molar-refractivity contribution in [1.29, 1.82) is 0 Å². The van der Waals surface area contributed by atoms with Crippen LogP contribution in [0.2, 0.25) is 10.0 Å². The van der Waals surface area contributed by atoms with E-state index in [1.54, 1.807) is 29.2 Å². The lowest BCUT2D eigenvalue weighted by Gasteiger charge is -2.31. The van der Waals surface area contributed by atoms with Gasteiger partial charge in [0.2, 0.25) is 5.91 Å². The van der Waals surface area contributed by atoms with Crippen molar-refractivity contribution in [1.82, 2.24) is 4.90 Å². The van der Waals surface area contributed by atoms with Crippen molar-refractivity contribution in [3.8, 4) is 0 Å². The first-order valence-electron chi connectivity index (χ1n) is 8.25. The Morgan fingerprint density at radius 2 is 1.62 bits per heavy atom. The molecule has 1 N–H and O–H groups in total. The molecule has 0 unspecified atom stereocenters. The van der Waals surface area contributed by atoms with Crippen LogP contribution in [0.25, 0.3) is 0 Å². The number of hydrogen-bond acceptors (Lipinski definition) is 2. The number of carbonyl (C=O) groups is 2. The average Bonchev–Trinajstić information content (AvgIpc) is 2.64. The van der Waals surface area contributed by atoms with Gasteiger partial charge in [-0.15, -0.1) is 0 Å². The molecule has 0 aliphatic carbocycles. The second-order valence-corrected chi connectivity index (χ2v) is 7.06. The summed E-state index contributed by atoms with van der Waals surface area (Å²) in [7, 11) is 0. The number of amides is 2. The van der Waals surface area contributed by atoms with Crippen molar-refractivity contribution in [2.45, 2.75) is 12.8 Å². The highest BCUT2D eigenvalue weighted by atomic mass is 35.5. The standard InChI is InChI=1S/C19H17Cl2FN2O2/c20-14-3-1-13(2-4-14)19(26)24-9-7-12(8-10-24)18(25)23-17-6-5-15(21)11-16(17)22/h1-6,11-12H,7-10H2,(H,23,25). The Morgan fingerprint density at radius 3 is 2.23 bits per heavy atom. The number of piperidine rings is 1. The number of anilines is 1. The van der Waals surface area contributed by atoms with Gasteiger partial charge in [0, 0.05) is 34.6 Å². The summed E-state index contributed by atoms with van der Waals surface area (Å²) in [5, 5.41) is 3.45. The van der Waals surface area contributed by atoms with Crippen LogP contribution in [-0.2, 0) is 4.79 Å². The fraction of sp³-hybridized carbons (Fsp3) is 0.263. The van der Waals surface area contributed by atoms with E-state index in [1.165, 1.54) is 12.1 Å². The van der Waals surface area contributed by atoms with Crippen LogP contribution in [0.3, 0.4) is 0 Å². The van der Waals surface area contributed by atoms with Crippen molar-refractivity contribution in [2.24, 2.45) is 5.92 Å². The van der Waals surface area contributed by atoms with Crippen molar-refractivity contribution in [3.63, 3.8) is 0 Å². The molecule has 0 saturated carbocycles. The van der Waals surface area contributed by atoms with Gasteiger partial charge in [-0.1, -0.05) is 23.2 Å². The summed E-state index contributed by atoms with van der Waals surface area (Å²) in [6, 6.07) is 10.8. The SMILES string of the molecule is O=C(Nc1ccc(Cl)cc1F)C1CCN(C(=O)c2ccc(Cl)cc2)CC1. The van der Waals surface area contributed by atoms with Gasteiger partial charge in [0.25, 0.3) is 5.91 Å². The van der Waals surface area contributed by atoms with Crippen LogP contribution in [0, 0.1) is 11.7 Å². The molecule has 1 heterocycles. The molecule has 0 atom stereocenters. The molecule has 4 nitrogen and oxygen atoms in total. The number of nitrogens with one attached hydrogen (secondary N) is 1. The van der Waals surface area contributed by atoms with E-state index in [2.05, 4.69) is 5.32 Å². The predicted octanol–water partition coefficient (Wildman–Crippen LogP) is 4.62. The van der Waals surface area contributed by atoms with E-state index in [0.29, 0.717) is 36.5 Å². The molecule has 2 aromatic carbocycles. The van der Waals surface area contributed by atoms with Crippen LogP contribution in [-0.4, -0.2) is 29.8 Å². The van der Waals surface area contributed by atoms with Gasteiger partial charge in [-0.05, 0) is 55.3 Å². The molecular weight excluding hydrogens is 378 g/mol. The largest absolute Gasteiger partial charge is 0.339 e. The molecule has 0 spiro atoms. The number of hydrogen-bond donors (Lipinski definition) is 1. The van der Waals surface area contributed by atoms with Crippen molar-refractivity contribution in [2.75, 3.05) is 18.4 Å². The Labute approximate surface area is 160 Å². The maximum Gasteiger partial charge on any atom is 0.253 e. The normalized spacial score (nSPS) is 15.0. The Balaban J connectivity index is 1.56. The highest BCUT2D eigenvalue weighted by Crippen LogP contribution is 2.24. The maximum atomic E-state index is 13.8. The monoisotopic (exact) mass is 394 g/mol. The molecule has 1 saturated heterocycles. The third-order valence-electron chi connectivity index (χ3n) is 4.43. The lowest BCUT2D eigenvalue weighted by Crippen LogP contribution is -2.41. The molecule has 2 amide bonds. The first-order valence-corrected chi connectivity index (χ1v) is 9.00. The number of halogens is 3. The van der Waals surface area contributed by atoms with E-state index >= 15 is 0 Å². The topological polar surface area (TPSA) is 49.4 Å². The minimum absolute atomic E-state index is 0.0794. The van der Waals surface area contributed by atoms with Gasteiger partial charge in [-0.3, -0.25) is 9.59 Å². The molecule has 7 heteroatoms. The summed E-state index contributed by atoms with van der Waals surface area (Å²) in [5.41, 5.74) is 0.680. The summed E-state index contributed by atoms with van der Waals surface area (Å²) >= 11 is 11.5. The predicted molar refractivity (Wildman–Crippen MR) is 100 cm³/mol. The van der Waals surface area contributed by atoms with Gasteiger partial charge in [0.1, 0.15) is 5.82 Å². The quantitative estimate of drug-likeness (QED) is 0.825. The average molecular weight is 395 g/mol. The molecule has 0 bridgehead atoms. The minimum atomic E-state index is -0.568. The van der Waals surface area contributed by atoms with Gasteiger partial charge >= 0.3 is 0 Å². The van der Waals surface area contributed by atoms with Crippen molar-refractivity contribution < 1.29 is 14.0 Å². The summed E-state index contributed by atoms with van der Waals surface area (Å²) < 4.78 is 13.8. The summed E-state index contributed by atoms with van der Waals surface area (Å²) in [6.07, 6.45) is 1.06. The number of carbonyl (C=O) groups excluding carboxylic acids is 2. The summed E-state index contributed by atoms with van der Waals surface area (Å²) in [4.78, 5) is 26.6. The van der Waals surface area contributed by atoms with Crippen LogP contribution in [0.1, 0.15) is 23.2 Å². The van der Waals surface area contributed by atoms with Crippen LogP contribution in [0.5, 0.6) is 0 Å². The smallest absolute Gasteiger partial charge is 0.253 e. The number of nitrogens with zero attached hydrogens (tertiary/aromatic N) is 1. The zero-order chi connectivity index (χ0) is 18.7. The molecule has 1 aliphatic rings. The van der Waals surface area contributed by atoms with E-state index in [0.717, 1.165) is 6.07 Å². The summed E-state index contributed by atoms with van der Waals surface area (Å²) in [6.45, 7) is 0.950. The third-order valence-corrected chi connectivity index (χ3v) is 4.92. The minimum Gasteiger partial charge on any atom is -0.339 e. The lowest BCUT2D eigenvalue weighted by atomic mass is 9.95. The fourth-order valence-electron chi connectivity index (χ4n) is 2.95. The molecular formula is C19H17Cl2FN2O2. The second-order valence-electron chi connectivity index (χ2n) is 6.19. The molecule has 0 aromatic heterocycles. The molecule has 1 fully saturated rings. The fourth-order valence-corrected chi connectivity index (χ4v) is 3.23. The molecule has 2 aromatic rings. The molecule has 0 radical (unpaired) electrons. The van der Waals surface area contributed by atoms with Crippen molar-refractivity contribution in [3.05, 3.63) is 63.9 Å².